The highest BCUT2D eigenvalue weighted by Gasteiger charge is 2.55. The molecule has 1 unspecified atom stereocenters. The van der Waals surface area contributed by atoms with Crippen molar-refractivity contribution in [3.8, 4) is 5.75 Å². The number of aliphatic hydroxyl groups is 1. The second kappa shape index (κ2) is 4.22. The fourth-order valence-electron chi connectivity index (χ4n) is 2.44. The first kappa shape index (κ1) is 14.4. The molecular weight excluding hydrogens is 240 g/mol. The van der Waals surface area contributed by atoms with E-state index in [4.69, 9.17) is 9.47 Å². The van der Waals surface area contributed by atoms with Crippen molar-refractivity contribution in [3.63, 3.8) is 0 Å². The van der Waals surface area contributed by atoms with E-state index < -0.39 is 11.4 Å². The maximum Gasteiger partial charge on any atom is 0.334 e. The number of rotatable bonds is 2. The Kier molecular flexibility index (Phi) is 3.19. The standard InChI is InChI=1S/C16H24O3/c1-7-18-16(17)15(5,6)12-9-8-11(14(2,3)4)10-13(12)19-16/h8-10,17H,7H2,1-6H3. The van der Waals surface area contributed by atoms with Crippen molar-refractivity contribution in [3.05, 3.63) is 29.3 Å². The molecule has 0 bridgehead atoms. The monoisotopic (exact) mass is 264 g/mol. The molecule has 106 valence electrons. The molecule has 1 heterocycles. The van der Waals surface area contributed by atoms with Crippen LogP contribution in [0.15, 0.2) is 18.2 Å². The average molecular weight is 264 g/mol. The minimum absolute atomic E-state index is 0.0504. The zero-order valence-corrected chi connectivity index (χ0v) is 12.7. The van der Waals surface area contributed by atoms with Gasteiger partial charge < -0.3 is 14.6 Å². The highest BCUT2D eigenvalue weighted by atomic mass is 16.8. The van der Waals surface area contributed by atoms with Crippen LogP contribution in [0.3, 0.4) is 0 Å². The van der Waals surface area contributed by atoms with E-state index in [0.717, 1.165) is 5.56 Å². The van der Waals surface area contributed by atoms with Crippen LogP contribution in [0.5, 0.6) is 5.75 Å². The van der Waals surface area contributed by atoms with E-state index in [1.165, 1.54) is 5.56 Å². The van der Waals surface area contributed by atoms with Crippen LogP contribution in [0.1, 0.15) is 52.7 Å². The van der Waals surface area contributed by atoms with E-state index in [1.807, 2.05) is 32.9 Å². The molecule has 3 nitrogen and oxygen atoms in total. The van der Waals surface area contributed by atoms with Crippen LogP contribution in [0.25, 0.3) is 0 Å². The van der Waals surface area contributed by atoms with Crippen molar-refractivity contribution < 1.29 is 14.6 Å². The smallest absolute Gasteiger partial charge is 0.334 e. The molecule has 0 aliphatic carbocycles. The Morgan fingerprint density at radius 2 is 1.89 bits per heavy atom. The van der Waals surface area contributed by atoms with Crippen molar-refractivity contribution in [2.24, 2.45) is 0 Å². The Morgan fingerprint density at radius 1 is 1.26 bits per heavy atom. The number of fused-ring (bicyclic) bond motifs is 1. The van der Waals surface area contributed by atoms with Gasteiger partial charge in [-0.15, -0.1) is 0 Å². The summed E-state index contributed by atoms with van der Waals surface area (Å²) < 4.78 is 11.2. The van der Waals surface area contributed by atoms with Gasteiger partial charge in [0.2, 0.25) is 0 Å². The van der Waals surface area contributed by atoms with Crippen molar-refractivity contribution in [2.75, 3.05) is 6.61 Å². The second-order valence-electron chi connectivity index (χ2n) is 6.70. The fourth-order valence-corrected chi connectivity index (χ4v) is 2.44. The molecule has 1 atom stereocenters. The Labute approximate surface area is 115 Å². The molecule has 1 aromatic rings. The molecule has 0 aromatic heterocycles. The van der Waals surface area contributed by atoms with E-state index >= 15 is 0 Å². The van der Waals surface area contributed by atoms with Crippen LogP contribution in [-0.4, -0.2) is 17.7 Å². The van der Waals surface area contributed by atoms with Gasteiger partial charge in [-0.1, -0.05) is 32.9 Å². The number of ether oxygens (including phenoxy) is 2. The molecule has 1 aromatic carbocycles. The molecule has 0 spiro atoms. The van der Waals surface area contributed by atoms with Crippen LogP contribution in [-0.2, 0) is 15.6 Å². The molecule has 0 saturated heterocycles. The molecular formula is C16H24O3. The van der Waals surface area contributed by atoms with Crippen molar-refractivity contribution in [2.45, 2.75) is 58.3 Å². The third-order valence-corrected chi connectivity index (χ3v) is 3.90. The Morgan fingerprint density at radius 3 is 2.42 bits per heavy atom. The molecule has 0 radical (unpaired) electrons. The third kappa shape index (κ3) is 2.15. The van der Waals surface area contributed by atoms with Gasteiger partial charge in [-0.05, 0) is 37.8 Å². The fraction of sp³-hybridized carbons (Fsp3) is 0.625. The van der Waals surface area contributed by atoms with E-state index in [2.05, 4.69) is 26.8 Å². The van der Waals surface area contributed by atoms with Gasteiger partial charge in [0.05, 0.1) is 12.0 Å². The molecule has 3 heteroatoms. The maximum atomic E-state index is 10.6. The van der Waals surface area contributed by atoms with E-state index in [9.17, 15) is 5.11 Å². The van der Waals surface area contributed by atoms with Gasteiger partial charge in [-0.2, -0.15) is 0 Å². The summed E-state index contributed by atoms with van der Waals surface area (Å²) >= 11 is 0. The summed E-state index contributed by atoms with van der Waals surface area (Å²) in [7, 11) is 0. The summed E-state index contributed by atoms with van der Waals surface area (Å²) in [6, 6.07) is 6.14. The Hall–Kier alpha value is -1.06. The van der Waals surface area contributed by atoms with Gasteiger partial charge in [0.25, 0.3) is 0 Å². The zero-order chi connectivity index (χ0) is 14.5. The quantitative estimate of drug-likeness (QED) is 0.833. The summed E-state index contributed by atoms with van der Waals surface area (Å²) in [5.74, 6) is -0.867. The molecule has 1 N–H and O–H groups in total. The van der Waals surface area contributed by atoms with Gasteiger partial charge in [0, 0.05) is 5.56 Å². The van der Waals surface area contributed by atoms with Crippen molar-refractivity contribution >= 4 is 0 Å². The third-order valence-electron chi connectivity index (χ3n) is 3.90. The van der Waals surface area contributed by atoms with E-state index in [1.54, 1.807) is 0 Å². The van der Waals surface area contributed by atoms with Crippen LogP contribution in [0.4, 0.5) is 0 Å². The van der Waals surface area contributed by atoms with Gasteiger partial charge in [0.15, 0.2) is 0 Å². The molecule has 0 amide bonds. The largest absolute Gasteiger partial charge is 0.438 e. The summed E-state index contributed by atoms with van der Waals surface area (Å²) in [5.41, 5.74) is 1.63. The number of benzene rings is 1. The predicted molar refractivity (Wildman–Crippen MR) is 75.4 cm³/mol. The summed E-state index contributed by atoms with van der Waals surface area (Å²) in [6.45, 7) is 12.6. The van der Waals surface area contributed by atoms with Crippen molar-refractivity contribution in [1.29, 1.82) is 0 Å². The second-order valence-corrected chi connectivity index (χ2v) is 6.70. The highest BCUT2D eigenvalue weighted by Crippen LogP contribution is 2.49. The Balaban J connectivity index is 2.48. The van der Waals surface area contributed by atoms with E-state index in [0.29, 0.717) is 12.4 Å². The highest BCUT2D eigenvalue weighted by molar-refractivity contribution is 5.48. The average Bonchev–Trinajstić information content (AvgIpc) is 2.45. The van der Waals surface area contributed by atoms with Crippen LogP contribution in [0, 0.1) is 0 Å². The Bertz CT molecular complexity index is 485. The summed E-state index contributed by atoms with van der Waals surface area (Å²) in [4.78, 5) is 0. The normalized spacial score (nSPS) is 25.0. The maximum absolute atomic E-state index is 10.6. The lowest BCUT2D eigenvalue weighted by atomic mass is 9.80. The first-order valence-corrected chi connectivity index (χ1v) is 6.82. The van der Waals surface area contributed by atoms with E-state index in [-0.39, 0.29) is 5.41 Å². The van der Waals surface area contributed by atoms with Crippen LogP contribution in [0.2, 0.25) is 0 Å². The topological polar surface area (TPSA) is 38.7 Å². The van der Waals surface area contributed by atoms with Crippen molar-refractivity contribution in [1.82, 2.24) is 0 Å². The minimum atomic E-state index is -1.58. The van der Waals surface area contributed by atoms with Gasteiger partial charge >= 0.3 is 5.97 Å². The summed E-state index contributed by atoms with van der Waals surface area (Å²) in [5, 5.41) is 10.6. The molecule has 1 aliphatic heterocycles. The van der Waals surface area contributed by atoms with Gasteiger partial charge in [0.1, 0.15) is 5.75 Å². The molecule has 19 heavy (non-hydrogen) atoms. The van der Waals surface area contributed by atoms with Gasteiger partial charge in [-0.25, -0.2) is 0 Å². The molecule has 0 fully saturated rings. The molecule has 0 saturated carbocycles. The lowest BCUT2D eigenvalue weighted by Crippen LogP contribution is -2.50. The van der Waals surface area contributed by atoms with Gasteiger partial charge in [-0.3, -0.25) is 0 Å². The molecule has 2 rings (SSSR count). The first-order chi connectivity index (χ1) is 8.62. The number of hydrogen-bond donors (Lipinski definition) is 1. The lowest BCUT2D eigenvalue weighted by Gasteiger charge is -2.33. The SMILES string of the molecule is CCOC1(O)Oc2cc(C(C)(C)C)ccc2C1(C)C. The van der Waals surface area contributed by atoms with Crippen LogP contribution < -0.4 is 4.74 Å². The lowest BCUT2D eigenvalue weighted by molar-refractivity contribution is -0.338. The number of hydrogen-bond acceptors (Lipinski definition) is 3. The zero-order valence-electron chi connectivity index (χ0n) is 12.7. The minimum Gasteiger partial charge on any atom is -0.438 e. The molecule has 1 aliphatic rings. The predicted octanol–water partition coefficient (Wildman–Crippen LogP) is 3.34. The summed E-state index contributed by atoms with van der Waals surface area (Å²) in [6.07, 6.45) is 0. The first-order valence-electron chi connectivity index (χ1n) is 6.82. The van der Waals surface area contributed by atoms with Crippen LogP contribution >= 0.6 is 0 Å².